The summed E-state index contributed by atoms with van der Waals surface area (Å²) in [7, 11) is 0. The zero-order valence-electron chi connectivity index (χ0n) is 9.19. The molecule has 0 aliphatic carbocycles. The number of rotatable bonds is 3. The molecule has 0 radical (unpaired) electrons. The summed E-state index contributed by atoms with van der Waals surface area (Å²) in [5.74, 6) is 0.0922. The fraction of sp³-hybridized carbons (Fsp3) is 0.500. The van der Waals surface area contributed by atoms with Crippen LogP contribution in [0.5, 0.6) is 5.75 Å². The quantitative estimate of drug-likeness (QED) is 0.825. The van der Waals surface area contributed by atoms with Crippen molar-refractivity contribution in [2.24, 2.45) is 5.73 Å². The number of nitrogens with zero attached hydrogens (tertiary/aromatic N) is 1. The molecule has 1 fully saturated rings. The van der Waals surface area contributed by atoms with Gasteiger partial charge in [-0.15, -0.1) is 0 Å². The van der Waals surface area contributed by atoms with Gasteiger partial charge in [-0.1, -0.05) is 6.07 Å². The SMILES string of the molecule is NC(CF)c1ccc(N2CCCC2)cc1O. The molecule has 1 atom stereocenters. The van der Waals surface area contributed by atoms with Crippen molar-refractivity contribution >= 4 is 5.69 Å². The zero-order valence-corrected chi connectivity index (χ0v) is 9.19. The average molecular weight is 224 g/mol. The van der Waals surface area contributed by atoms with Crippen LogP contribution in [0.2, 0.25) is 0 Å². The molecule has 0 bridgehead atoms. The van der Waals surface area contributed by atoms with Crippen LogP contribution in [-0.4, -0.2) is 24.9 Å². The maximum absolute atomic E-state index is 12.4. The molecule has 2 rings (SSSR count). The molecule has 3 nitrogen and oxygen atoms in total. The summed E-state index contributed by atoms with van der Waals surface area (Å²) >= 11 is 0. The molecule has 16 heavy (non-hydrogen) atoms. The molecule has 4 heteroatoms. The predicted molar refractivity (Wildman–Crippen MR) is 62.5 cm³/mol. The van der Waals surface area contributed by atoms with Crippen LogP contribution in [0.1, 0.15) is 24.4 Å². The minimum absolute atomic E-state index is 0.0922. The van der Waals surface area contributed by atoms with Gasteiger partial charge in [0.2, 0.25) is 0 Å². The van der Waals surface area contributed by atoms with Crippen molar-refractivity contribution in [3.05, 3.63) is 23.8 Å². The summed E-state index contributed by atoms with van der Waals surface area (Å²) in [6.07, 6.45) is 2.37. The van der Waals surface area contributed by atoms with Crippen LogP contribution in [0.3, 0.4) is 0 Å². The highest BCUT2D eigenvalue weighted by atomic mass is 19.1. The number of benzene rings is 1. The number of nitrogens with two attached hydrogens (primary N) is 1. The van der Waals surface area contributed by atoms with Crippen LogP contribution in [0.25, 0.3) is 0 Å². The van der Waals surface area contributed by atoms with Gasteiger partial charge in [-0.05, 0) is 18.9 Å². The Bertz CT molecular complexity index is 364. The Morgan fingerprint density at radius 2 is 2.06 bits per heavy atom. The van der Waals surface area contributed by atoms with Crippen molar-refractivity contribution in [2.75, 3.05) is 24.7 Å². The topological polar surface area (TPSA) is 49.5 Å². The average Bonchev–Trinajstić information content (AvgIpc) is 2.81. The van der Waals surface area contributed by atoms with Gasteiger partial charge < -0.3 is 15.7 Å². The van der Waals surface area contributed by atoms with Crippen molar-refractivity contribution in [2.45, 2.75) is 18.9 Å². The van der Waals surface area contributed by atoms with E-state index in [1.54, 1.807) is 12.1 Å². The van der Waals surface area contributed by atoms with E-state index in [1.807, 2.05) is 6.07 Å². The molecular weight excluding hydrogens is 207 g/mol. The molecule has 1 saturated heterocycles. The number of hydrogen-bond acceptors (Lipinski definition) is 3. The van der Waals surface area contributed by atoms with Crippen molar-refractivity contribution in [1.82, 2.24) is 0 Å². The minimum Gasteiger partial charge on any atom is -0.508 e. The maximum atomic E-state index is 12.4. The van der Waals surface area contributed by atoms with E-state index in [1.165, 1.54) is 12.8 Å². The molecule has 0 aromatic heterocycles. The van der Waals surface area contributed by atoms with Crippen LogP contribution in [0, 0.1) is 0 Å². The zero-order chi connectivity index (χ0) is 11.5. The molecular formula is C12H17FN2O. The summed E-state index contributed by atoms with van der Waals surface area (Å²) in [6, 6.07) is 4.56. The van der Waals surface area contributed by atoms with Gasteiger partial charge in [-0.2, -0.15) is 0 Å². The van der Waals surface area contributed by atoms with Gasteiger partial charge in [-0.3, -0.25) is 0 Å². The molecule has 1 unspecified atom stereocenters. The summed E-state index contributed by atoms with van der Waals surface area (Å²) < 4.78 is 12.4. The van der Waals surface area contributed by atoms with Crippen LogP contribution < -0.4 is 10.6 Å². The van der Waals surface area contributed by atoms with E-state index in [4.69, 9.17) is 5.73 Å². The van der Waals surface area contributed by atoms with E-state index < -0.39 is 12.7 Å². The Labute approximate surface area is 94.7 Å². The van der Waals surface area contributed by atoms with Crippen molar-refractivity contribution < 1.29 is 9.50 Å². The number of alkyl halides is 1. The third kappa shape index (κ3) is 2.11. The Balaban J connectivity index is 2.21. The summed E-state index contributed by atoms with van der Waals surface area (Å²) in [5, 5.41) is 9.78. The summed E-state index contributed by atoms with van der Waals surface area (Å²) in [4.78, 5) is 2.21. The third-order valence-corrected chi connectivity index (χ3v) is 3.05. The van der Waals surface area contributed by atoms with Crippen molar-refractivity contribution in [1.29, 1.82) is 0 Å². The number of halogens is 1. The lowest BCUT2D eigenvalue weighted by atomic mass is 10.1. The number of anilines is 1. The summed E-state index contributed by atoms with van der Waals surface area (Å²) in [5.41, 5.74) is 7.02. The molecule has 0 amide bonds. The molecule has 1 aliphatic rings. The molecule has 3 N–H and O–H groups in total. The van der Waals surface area contributed by atoms with Crippen molar-refractivity contribution in [3.63, 3.8) is 0 Å². The molecule has 1 aromatic rings. The van der Waals surface area contributed by atoms with E-state index in [-0.39, 0.29) is 5.75 Å². The Morgan fingerprint density at radius 1 is 1.38 bits per heavy atom. The van der Waals surface area contributed by atoms with Crippen LogP contribution in [0.15, 0.2) is 18.2 Å². The van der Waals surface area contributed by atoms with E-state index >= 15 is 0 Å². The molecule has 88 valence electrons. The van der Waals surface area contributed by atoms with Gasteiger partial charge in [0.25, 0.3) is 0 Å². The van der Waals surface area contributed by atoms with Gasteiger partial charge in [0.1, 0.15) is 12.4 Å². The van der Waals surface area contributed by atoms with Gasteiger partial charge in [0, 0.05) is 30.4 Å². The minimum atomic E-state index is -0.729. The number of aromatic hydroxyl groups is 1. The smallest absolute Gasteiger partial charge is 0.122 e. The number of phenols is 1. The first kappa shape index (κ1) is 11.2. The molecule has 1 heterocycles. The van der Waals surface area contributed by atoms with Gasteiger partial charge in [-0.25, -0.2) is 4.39 Å². The highest BCUT2D eigenvalue weighted by Gasteiger charge is 2.16. The fourth-order valence-corrected chi connectivity index (χ4v) is 2.10. The monoisotopic (exact) mass is 224 g/mol. The van der Waals surface area contributed by atoms with E-state index in [9.17, 15) is 9.50 Å². The van der Waals surface area contributed by atoms with Crippen molar-refractivity contribution in [3.8, 4) is 5.75 Å². The Kier molecular flexibility index (Phi) is 3.29. The predicted octanol–water partition coefficient (Wildman–Crippen LogP) is 1.96. The lowest BCUT2D eigenvalue weighted by Gasteiger charge is -2.19. The second kappa shape index (κ2) is 4.70. The molecule has 0 spiro atoms. The maximum Gasteiger partial charge on any atom is 0.122 e. The van der Waals surface area contributed by atoms with Crippen LogP contribution in [-0.2, 0) is 0 Å². The van der Waals surface area contributed by atoms with Gasteiger partial charge >= 0.3 is 0 Å². The standard InChI is InChI=1S/C12H17FN2O/c13-8-11(14)10-4-3-9(7-12(10)16)15-5-1-2-6-15/h3-4,7,11,16H,1-2,5-6,8,14H2. The Morgan fingerprint density at radius 3 is 2.62 bits per heavy atom. The number of phenolic OH excluding ortho intramolecular Hbond substituents is 1. The number of hydrogen-bond donors (Lipinski definition) is 2. The highest BCUT2D eigenvalue weighted by Crippen LogP contribution is 2.29. The van der Waals surface area contributed by atoms with Crippen LogP contribution >= 0.6 is 0 Å². The fourth-order valence-electron chi connectivity index (χ4n) is 2.10. The van der Waals surface area contributed by atoms with Crippen LogP contribution in [0.4, 0.5) is 10.1 Å². The third-order valence-electron chi connectivity index (χ3n) is 3.05. The van der Waals surface area contributed by atoms with E-state index in [0.717, 1.165) is 18.8 Å². The largest absolute Gasteiger partial charge is 0.508 e. The summed E-state index contributed by atoms with van der Waals surface area (Å²) in [6.45, 7) is 1.39. The second-order valence-corrected chi connectivity index (χ2v) is 4.20. The van der Waals surface area contributed by atoms with E-state index in [0.29, 0.717) is 5.56 Å². The first-order valence-electron chi connectivity index (χ1n) is 5.62. The van der Waals surface area contributed by atoms with Gasteiger partial charge in [0.05, 0.1) is 6.04 Å². The van der Waals surface area contributed by atoms with E-state index in [2.05, 4.69) is 4.90 Å². The second-order valence-electron chi connectivity index (χ2n) is 4.20. The first-order chi connectivity index (χ1) is 7.72. The Hall–Kier alpha value is -1.29. The molecule has 0 saturated carbocycles. The van der Waals surface area contributed by atoms with Gasteiger partial charge in [0.15, 0.2) is 0 Å². The molecule has 1 aliphatic heterocycles. The lowest BCUT2D eigenvalue weighted by Crippen LogP contribution is -2.18. The normalized spacial score (nSPS) is 17.8. The lowest BCUT2D eigenvalue weighted by molar-refractivity contribution is 0.414. The first-order valence-corrected chi connectivity index (χ1v) is 5.62. The molecule has 1 aromatic carbocycles. The highest BCUT2D eigenvalue weighted by molar-refractivity contribution is 5.54.